The number of benzene rings is 2. The average molecular weight is 319 g/mol. The lowest BCUT2D eigenvalue weighted by molar-refractivity contribution is 0.627. The second-order valence-electron chi connectivity index (χ2n) is 4.23. The fourth-order valence-electron chi connectivity index (χ4n) is 1.80. The fourth-order valence-corrected chi connectivity index (χ4v) is 2.16. The van der Waals surface area contributed by atoms with Gasteiger partial charge in [-0.3, -0.25) is 0 Å². The molecule has 0 saturated heterocycles. The number of nitrogens with one attached hydrogen (secondary N) is 1. The standard InChI is InChI=1S/C15H12BrFN2/c1-10(12-4-2-3-11(7-12)9-18)19-15-8-13(16)5-6-14(15)17/h2-8,10,19H,1H3. The fraction of sp³-hybridized carbons (Fsp3) is 0.133. The lowest BCUT2D eigenvalue weighted by atomic mass is 10.1. The van der Waals surface area contributed by atoms with E-state index in [1.165, 1.54) is 6.07 Å². The molecule has 2 rings (SSSR count). The van der Waals surface area contributed by atoms with Crippen molar-refractivity contribution < 1.29 is 4.39 Å². The summed E-state index contributed by atoms with van der Waals surface area (Å²) >= 11 is 3.32. The van der Waals surface area contributed by atoms with Crippen molar-refractivity contribution in [2.24, 2.45) is 0 Å². The first-order valence-electron chi connectivity index (χ1n) is 5.82. The molecule has 2 aromatic carbocycles. The molecule has 1 atom stereocenters. The topological polar surface area (TPSA) is 35.8 Å². The molecule has 0 aliphatic heterocycles. The maximum atomic E-state index is 13.7. The van der Waals surface area contributed by atoms with Gasteiger partial charge >= 0.3 is 0 Å². The van der Waals surface area contributed by atoms with E-state index in [1.807, 2.05) is 19.1 Å². The van der Waals surface area contributed by atoms with Crippen molar-refractivity contribution in [3.63, 3.8) is 0 Å². The molecule has 4 heteroatoms. The third-order valence-corrected chi connectivity index (χ3v) is 3.31. The molecule has 0 radical (unpaired) electrons. The van der Waals surface area contributed by atoms with Crippen molar-refractivity contribution in [1.82, 2.24) is 0 Å². The summed E-state index contributed by atoms with van der Waals surface area (Å²) in [7, 11) is 0. The van der Waals surface area contributed by atoms with Crippen LogP contribution < -0.4 is 5.32 Å². The van der Waals surface area contributed by atoms with Crippen LogP contribution in [0.2, 0.25) is 0 Å². The van der Waals surface area contributed by atoms with Crippen molar-refractivity contribution in [3.05, 3.63) is 63.9 Å². The highest BCUT2D eigenvalue weighted by Crippen LogP contribution is 2.25. The Hall–Kier alpha value is -1.86. The van der Waals surface area contributed by atoms with E-state index in [2.05, 4.69) is 27.3 Å². The van der Waals surface area contributed by atoms with Crippen LogP contribution in [0.15, 0.2) is 46.9 Å². The lowest BCUT2D eigenvalue weighted by Gasteiger charge is -2.16. The van der Waals surface area contributed by atoms with Crippen molar-refractivity contribution in [2.45, 2.75) is 13.0 Å². The highest BCUT2D eigenvalue weighted by molar-refractivity contribution is 9.10. The smallest absolute Gasteiger partial charge is 0.146 e. The normalized spacial score (nSPS) is 11.7. The van der Waals surface area contributed by atoms with Crippen molar-refractivity contribution in [2.75, 3.05) is 5.32 Å². The zero-order valence-electron chi connectivity index (χ0n) is 10.3. The Kier molecular flexibility index (Phi) is 4.18. The molecule has 0 heterocycles. The van der Waals surface area contributed by atoms with Gasteiger partial charge in [0.15, 0.2) is 0 Å². The highest BCUT2D eigenvalue weighted by atomic mass is 79.9. The van der Waals surface area contributed by atoms with Crippen molar-refractivity contribution >= 4 is 21.6 Å². The summed E-state index contributed by atoms with van der Waals surface area (Å²) in [6, 6.07) is 14.0. The molecule has 0 aromatic heterocycles. The summed E-state index contributed by atoms with van der Waals surface area (Å²) in [5.74, 6) is -0.300. The van der Waals surface area contributed by atoms with Gasteiger partial charge in [-0.1, -0.05) is 28.1 Å². The Morgan fingerprint density at radius 2 is 2.05 bits per heavy atom. The maximum absolute atomic E-state index is 13.7. The molecule has 0 saturated carbocycles. The molecule has 0 fully saturated rings. The molecule has 19 heavy (non-hydrogen) atoms. The number of nitrogens with zero attached hydrogens (tertiary/aromatic N) is 1. The summed E-state index contributed by atoms with van der Waals surface area (Å²) in [4.78, 5) is 0. The van der Waals surface area contributed by atoms with E-state index in [4.69, 9.17) is 5.26 Å². The van der Waals surface area contributed by atoms with Crippen LogP contribution >= 0.6 is 15.9 Å². The number of anilines is 1. The third-order valence-electron chi connectivity index (χ3n) is 2.82. The third kappa shape index (κ3) is 3.33. The van der Waals surface area contributed by atoms with Crippen LogP contribution in [-0.4, -0.2) is 0 Å². The zero-order chi connectivity index (χ0) is 13.8. The van der Waals surface area contributed by atoms with Gasteiger partial charge in [-0.2, -0.15) is 5.26 Å². The number of rotatable bonds is 3. The number of nitriles is 1. The minimum Gasteiger partial charge on any atom is -0.376 e. The lowest BCUT2D eigenvalue weighted by Crippen LogP contribution is -2.08. The first-order valence-corrected chi connectivity index (χ1v) is 6.61. The molecular weight excluding hydrogens is 307 g/mol. The van der Waals surface area contributed by atoms with Gasteiger partial charge in [0, 0.05) is 10.5 Å². The van der Waals surface area contributed by atoms with Gasteiger partial charge in [-0.25, -0.2) is 4.39 Å². The second kappa shape index (κ2) is 5.85. The molecule has 0 aliphatic carbocycles. The minimum atomic E-state index is -0.300. The molecule has 2 aromatic rings. The van der Waals surface area contributed by atoms with E-state index in [1.54, 1.807) is 24.3 Å². The van der Waals surface area contributed by atoms with Gasteiger partial charge in [0.05, 0.1) is 17.3 Å². The summed E-state index contributed by atoms with van der Waals surface area (Å²) < 4.78 is 14.5. The average Bonchev–Trinajstić information content (AvgIpc) is 2.43. The van der Waals surface area contributed by atoms with Crippen LogP contribution in [-0.2, 0) is 0 Å². The monoisotopic (exact) mass is 318 g/mol. The molecular formula is C15H12BrFN2. The van der Waals surface area contributed by atoms with E-state index in [0.29, 0.717) is 11.3 Å². The van der Waals surface area contributed by atoms with Gasteiger partial charge in [-0.15, -0.1) is 0 Å². The minimum absolute atomic E-state index is 0.0860. The van der Waals surface area contributed by atoms with Crippen LogP contribution in [0.3, 0.4) is 0 Å². The molecule has 0 aliphatic rings. The van der Waals surface area contributed by atoms with Gasteiger partial charge in [0.1, 0.15) is 5.82 Å². The maximum Gasteiger partial charge on any atom is 0.146 e. The van der Waals surface area contributed by atoms with Crippen LogP contribution in [0.4, 0.5) is 10.1 Å². The Morgan fingerprint density at radius 1 is 1.26 bits per heavy atom. The van der Waals surface area contributed by atoms with E-state index in [0.717, 1.165) is 10.0 Å². The molecule has 96 valence electrons. The molecule has 0 amide bonds. The Bertz CT molecular complexity index is 634. The van der Waals surface area contributed by atoms with Crippen LogP contribution in [0, 0.1) is 17.1 Å². The summed E-state index contributed by atoms with van der Waals surface area (Å²) in [5, 5.41) is 12.0. The van der Waals surface area contributed by atoms with Crippen LogP contribution in [0.1, 0.15) is 24.1 Å². The number of hydrogen-bond acceptors (Lipinski definition) is 2. The van der Waals surface area contributed by atoms with E-state index >= 15 is 0 Å². The van der Waals surface area contributed by atoms with Crippen molar-refractivity contribution in [1.29, 1.82) is 5.26 Å². The number of hydrogen-bond donors (Lipinski definition) is 1. The van der Waals surface area contributed by atoms with Gasteiger partial charge in [0.2, 0.25) is 0 Å². The SMILES string of the molecule is CC(Nc1cc(Br)ccc1F)c1cccc(C#N)c1. The first-order chi connectivity index (χ1) is 9.10. The molecule has 0 spiro atoms. The summed E-state index contributed by atoms with van der Waals surface area (Å²) in [6.07, 6.45) is 0. The van der Waals surface area contributed by atoms with Gasteiger partial charge in [0.25, 0.3) is 0 Å². The quantitative estimate of drug-likeness (QED) is 0.895. The second-order valence-corrected chi connectivity index (χ2v) is 5.14. The van der Waals surface area contributed by atoms with Crippen LogP contribution in [0.25, 0.3) is 0 Å². The summed E-state index contributed by atoms with van der Waals surface area (Å²) in [5.41, 5.74) is 1.98. The van der Waals surface area contributed by atoms with Gasteiger partial charge < -0.3 is 5.32 Å². The van der Waals surface area contributed by atoms with E-state index < -0.39 is 0 Å². The van der Waals surface area contributed by atoms with E-state index in [9.17, 15) is 4.39 Å². The Morgan fingerprint density at radius 3 is 2.79 bits per heavy atom. The zero-order valence-corrected chi connectivity index (χ0v) is 11.9. The van der Waals surface area contributed by atoms with Crippen LogP contribution in [0.5, 0.6) is 0 Å². The van der Waals surface area contributed by atoms with E-state index in [-0.39, 0.29) is 11.9 Å². The number of halogens is 2. The molecule has 1 unspecified atom stereocenters. The predicted octanol–water partition coefficient (Wildman–Crippen LogP) is 4.63. The molecule has 1 N–H and O–H groups in total. The molecule has 0 bridgehead atoms. The van der Waals surface area contributed by atoms with Gasteiger partial charge in [-0.05, 0) is 42.8 Å². The Labute approximate surface area is 120 Å². The predicted molar refractivity (Wildman–Crippen MR) is 77.3 cm³/mol. The summed E-state index contributed by atoms with van der Waals surface area (Å²) in [6.45, 7) is 1.93. The Balaban J connectivity index is 2.23. The highest BCUT2D eigenvalue weighted by Gasteiger charge is 2.09. The first kappa shape index (κ1) is 13.6. The molecule has 2 nitrogen and oxygen atoms in total. The van der Waals surface area contributed by atoms with Crippen molar-refractivity contribution in [3.8, 4) is 6.07 Å². The largest absolute Gasteiger partial charge is 0.376 e.